The summed E-state index contributed by atoms with van der Waals surface area (Å²) in [4.78, 5) is 27.4. The summed E-state index contributed by atoms with van der Waals surface area (Å²) in [6, 6.07) is 21.3. The third-order valence-corrected chi connectivity index (χ3v) is 10.7. The van der Waals surface area contributed by atoms with Crippen molar-refractivity contribution in [2.75, 3.05) is 25.5 Å². The number of halogens is 2. The number of hydrogen-bond acceptors (Lipinski definition) is 8. The maximum absolute atomic E-state index is 13.8. The number of nitrogens with one attached hydrogen (secondary N) is 1. The van der Waals surface area contributed by atoms with Gasteiger partial charge in [0, 0.05) is 25.3 Å². The molecule has 1 aliphatic heterocycles. The molecular formula is C34H32F2N4O6S2. The smallest absolute Gasteiger partial charge is 0.387 e. The normalized spacial score (nSPS) is 14.8. The van der Waals surface area contributed by atoms with Crippen LogP contribution in [0.1, 0.15) is 30.4 Å². The predicted octanol–water partition coefficient (Wildman–Crippen LogP) is 4.08. The summed E-state index contributed by atoms with van der Waals surface area (Å²) in [5.74, 6) is -0.971. The van der Waals surface area contributed by atoms with Crippen LogP contribution >= 0.6 is 11.3 Å². The fourth-order valence-electron chi connectivity index (χ4n) is 5.29. The number of amides is 1. The molecule has 250 valence electrons. The molecule has 1 fully saturated rings. The number of aryl methyl sites for hydroxylation is 1. The van der Waals surface area contributed by atoms with Crippen LogP contribution in [0.3, 0.4) is 0 Å². The zero-order valence-corrected chi connectivity index (χ0v) is 27.5. The highest BCUT2D eigenvalue weighted by atomic mass is 32.2. The monoisotopic (exact) mass is 694 g/mol. The fraction of sp³-hybridized carbons (Fsp3) is 0.265. The minimum Gasteiger partial charge on any atom is -0.493 e. The van der Waals surface area contributed by atoms with Gasteiger partial charge in [-0.05, 0) is 66.8 Å². The van der Waals surface area contributed by atoms with Crippen LogP contribution in [0.25, 0.3) is 11.6 Å². The number of aromatic nitrogens is 1. The van der Waals surface area contributed by atoms with Gasteiger partial charge in [0.05, 0.1) is 16.5 Å². The highest BCUT2D eigenvalue weighted by molar-refractivity contribution is 7.89. The molecule has 1 amide bonds. The maximum atomic E-state index is 13.8. The number of benzene rings is 3. The first-order valence-corrected chi connectivity index (χ1v) is 17.3. The number of carbonyl (C=O) groups is 1. The van der Waals surface area contributed by atoms with Crippen LogP contribution < -0.4 is 29.5 Å². The molecule has 0 atom stereocenters. The molecule has 2 heterocycles. The third-order valence-electron chi connectivity index (χ3n) is 7.67. The van der Waals surface area contributed by atoms with Gasteiger partial charge in [-0.15, -0.1) is 11.3 Å². The van der Waals surface area contributed by atoms with E-state index in [4.69, 9.17) is 4.74 Å². The van der Waals surface area contributed by atoms with Gasteiger partial charge in [0.15, 0.2) is 17.1 Å². The lowest BCUT2D eigenvalue weighted by molar-refractivity contribution is -0.111. The van der Waals surface area contributed by atoms with E-state index in [1.807, 2.05) is 36.4 Å². The molecular weight excluding hydrogens is 663 g/mol. The van der Waals surface area contributed by atoms with Crippen LogP contribution in [0.2, 0.25) is 0 Å². The molecule has 4 aromatic rings. The molecule has 48 heavy (non-hydrogen) atoms. The quantitative estimate of drug-likeness (QED) is 0.251. The van der Waals surface area contributed by atoms with E-state index in [-0.39, 0.29) is 43.4 Å². The number of hydrogen-bond donors (Lipinski definition) is 1. The number of ether oxygens (including phenoxy) is 2. The summed E-state index contributed by atoms with van der Waals surface area (Å²) in [5.41, 5.74) is 0.732. The Balaban J connectivity index is 1.55. The van der Waals surface area contributed by atoms with E-state index in [1.54, 1.807) is 0 Å². The summed E-state index contributed by atoms with van der Waals surface area (Å²) in [7, 11) is -2.48. The van der Waals surface area contributed by atoms with Gasteiger partial charge >= 0.3 is 6.61 Å². The van der Waals surface area contributed by atoms with Crippen molar-refractivity contribution in [1.29, 1.82) is 5.26 Å². The van der Waals surface area contributed by atoms with Crippen molar-refractivity contribution in [2.45, 2.75) is 43.7 Å². The lowest BCUT2D eigenvalue weighted by Gasteiger charge is -2.26. The number of methoxy groups -OCH3 is 1. The van der Waals surface area contributed by atoms with Crippen molar-refractivity contribution in [3.8, 4) is 17.6 Å². The van der Waals surface area contributed by atoms with Gasteiger partial charge in [-0.1, -0.05) is 48.9 Å². The maximum Gasteiger partial charge on any atom is 0.387 e. The number of nitriles is 1. The Morgan fingerprint density at radius 1 is 1.04 bits per heavy atom. The number of piperidine rings is 1. The van der Waals surface area contributed by atoms with Gasteiger partial charge in [-0.25, -0.2) is 8.42 Å². The van der Waals surface area contributed by atoms with Crippen LogP contribution in [0, 0.1) is 11.3 Å². The number of anilines is 1. The van der Waals surface area contributed by atoms with Crippen molar-refractivity contribution in [1.82, 2.24) is 8.87 Å². The fourth-order valence-corrected chi connectivity index (χ4v) is 7.98. The van der Waals surface area contributed by atoms with E-state index in [0.717, 1.165) is 36.2 Å². The number of rotatable bonds is 11. The average molecular weight is 695 g/mol. The third kappa shape index (κ3) is 7.99. The minimum atomic E-state index is -3.78. The Morgan fingerprint density at radius 3 is 2.48 bits per heavy atom. The zero-order valence-electron chi connectivity index (χ0n) is 25.9. The summed E-state index contributed by atoms with van der Waals surface area (Å²) >= 11 is 0.922. The van der Waals surface area contributed by atoms with E-state index in [9.17, 15) is 32.0 Å². The second kappa shape index (κ2) is 15.4. The van der Waals surface area contributed by atoms with Crippen molar-refractivity contribution >= 4 is 44.6 Å². The molecule has 1 aromatic heterocycles. The molecule has 10 nitrogen and oxygen atoms in total. The lowest BCUT2D eigenvalue weighted by atomic mass is 10.1. The molecule has 0 aliphatic carbocycles. The Labute approximate surface area is 279 Å². The van der Waals surface area contributed by atoms with Crippen LogP contribution in [0.15, 0.2) is 82.5 Å². The van der Waals surface area contributed by atoms with E-state index in [1.165, 1.54) is 64.5 Å². The second-order valence-corrected chi connectivity index (χ2v) is 13.8. The van der Waals surface area contributed by atoms with E-state index < -0.39 is 28.1 Å². The molecule has 14 heteroatoms. The van der Waals surface area contributed by atoms with Gasteiger partial charge in [0.1, 0.15) is 10.7 Å². The first-order chi connectivity index (χ1) is 23.1. The van der Waals surface area contributed by atoms with Crippen molar-refractivity contribution in [3.63, 3.8) is 0 Å². The zero-order chi connectivity index (χ0) is 34.3. The van der Waals surface area contributed by atoms with Crippen LogP contribution in [-0.4, -0.2) is 50.0 Å². The Hall–Kier alpha value is -4.84. The summed E-state index contributed by atoms with van der Waals surface area (Å²) in [5, 5.41) is 12.8. The lowest BCUT2D eigenvalue weighted by Crippen LogP contribution is -2.35. The van der Waals surface area contributed by atoms with E-state index in [2.05, 4.69) is 10.1 Å². The molecule has 0 spiro atoms. The largest absolute Gasteiger partial charge is 0.493 e. The van der Waals surface area contributed by atoms with Gasteiger partial charge < -0.3 is 14.8 Å². The molecule has 0 unspecified atom stereocenters. The summed E-state index contributed by atoms with van der Waals surface area (Å²) < 4.78 is 64.8. The molecule has 3 aromatic carbocycles. The molecule has 1 saturated heterocycles. The van der Waals surface area contributed by atoms with E-state index >= 15 is 0 Å². The van der Waals surface area contributed by atoms with Crippen LogP contribution in [0.4, 0.5) is 14.5 Å². The SMILES string of the molecule is COc1cc(/C=c2\s/c(=C(/C#N)C(=O)Nc3cccc(S(=O)(=O)N4CCCCC4)c3)n(CCc3ccccc3)c2=O)ccc1OC(F)F. The second-order valence-electron chi connectivity index (χ2n) is 10.8. The average Bonchev–Trinajstić information content (AvgIpc) is 3.39. The summed E-state index contributed by atoms with van der Waals surface area (Å²) in [6.45, 7) is -2.07. The van der Waals surface area contributed by atoms with Crippen LogP contribution in [-0.2, 0) is 27.8 Å². The Morgan fingerprint density at radius 2 is 1.79 bits per heavy atom. The molecule has 0 radical (unpaired) electrons. The highest BCUT2D eigenvalue weighted by Crippen LogP contribution is 2.29. The minimum absolute atomic E-state index is 0.0221. The van der Waals surface area contributed by atoms with Crippen molar-refractivity contribution in [3.05, 3.63) is 103 Å². The molecule has 5 rings (SSSR count). The number of alkyl halides is 2. The van der Waals surface area contributed by atoms with Crippen molar-refractivity contribution in [2.24, 2.45) is 0 Å². The standard InChI is InChI=1S/C34H32F2N4O6S2/c1-45-29-19-24(13-14-28(29)46-34(35)36)20-30-32(42)40(18-15-23-9-4-2-5-10-23)33(47-30)27(22-37)31(41)38-25-11-8-12-26(21-25)48(43,44)39-16-6-3-7-17-39/h2,4-5,8-14,19-21,34H,3,6-7,15-18H2,1H3,(H,38,41)/b30-20-,33-27-. The molecule has 1 aliphatic rings. The Kier molecular flexibility index (Phi) is 11.0. The summed E-state index contributed by atoms with van der Waals surface area (Å²) in [6.07, 6.45) is 4.44. The molecule has 0 saturated carbocycles. The van der Waals surface area contributed by atoms with Gasteiger partial charge in [-0.2, -0.15) is 18.3 Å². The number of sulfonamides is 1. The van der Waals surface area contributed by atoms with Crippen LogP contribution in [0.5, 0.6) is 11.5 Å². The first kappa shape index (κ1) is 34.5. The van der Waals surface area contributed by atoms with Gasteiger partial charge in [0.25, 0.3) is 11.5 Å². The number of nitrogens with zero attached hydrogens (tertiary/aromatic N) is 3. The van der Waals surface area contributed by atoms with Crippen molar-refractivity contribution < 1.29 is 31.5 Å². The van der Waals surface area contributed by atoms with E-state index in [0.29, 0.717) is 25.1 Å². The molecule has 0 bridgehead atoms. The van der Waals surface area contributed by atoms with Gasteiger partial charge in [0.2, 0.25) is 10.0 Å². The predicted molar refractivity (Wildman–Crippen MR) is 178 cm³/mol. The topological polar surface area (TPSA) is 131 Å². The Bertz CT molecular complexity index is 2120. The molecule has 1 N–H and O–H groups in total. The first-order valence-electron chi connectivity index (χ1n) is 15.0. The highest BCUT2D eigenvalue weighted by Gasteiger charge is 2.26. The van der Waals surface area contributed by atoms with Gasteiger partial charge in [-0.3, -0.25) is 14.2 Å². The number of thiazole rings is 1. The number of carbonyl (C=O) groups excluding carboxylic acids is 1.